The van der Waals surface area contributed by atoms with Gasteiger partial charge in [-0.1, -0.05) is 44.2 Å². The van der Waals surface area contributed by atoms with Gasteiger partial charge in [0.15, 0.2) is 0 Å². The van der Waals surface area contributed by atoms with Gasteiger partial charge in [0.1, 0.15) is 11.9 Å². The van der Waals surface area contributed by atoms with Crippen LogP contribution in [0.1, 0.15) is 26.3 Å². The van der Waals surface area contributed by atoms with Crippen LogP contribution in [-0.2, 0) is 16.1 Å². The van der Waals surface area contributed by atoms with Gasteiger partial charge in [0, 0.05) is 18.0 Å². The van der Waals surface area contributed by atoms with Crippen LogP contribution in [0.2, 0.25) is 0 Å². The molecule has 0 saturated carbocycles. The molecule has 0 bridgehead atoms. The van der Waals surface area contributed by atoms with Crippen LogP contribution in [0, 0.1) is 11.7 Å². The third-order valence-electron chi connectivity index (χ3n) is 4.22. The highest BCUT2D eigenvalue weighted by atomic mass is 32.2. The van der Waals surface area contributed by atoms with Gasteiger partial charge in [-0.25, -0.2) is 4.39 Å². The fraction of sp³-hybridized carbons (Fsp3) is 0.364. The average Bonchev–Trinajstić information content (AvgIpc) is 2.70. The lowest BCUT2D eigenvalue weighted by Gasteiger charge is -2.29. The van der Waals surface area contributed by atoms with Crippen molar-refractivity contribution in [3.8, 4) is 0 Å². The SMILES string of the molecule is CC(C)CNC(=O)C(C)N(Cc1ccc(F)cc1)C(=O)CSc1ccccc1. The molecule has 0 aromatic heterocycles. The molecule has 28 heavy (non-hydrogen) atoms. The first-order valence-electron chi connectivity index (χ1n) is 9.36. The largest absolute Gasteiger partial charge is 0.354 e. The van der Waals surface area contributed by atoms with E-state index in [1.54, 1.807) is 24.0 Å². The van der Waals surface area contributed by atoms with Crippen molar-refractivity contribution in [1.82, 2.24) is 10.2 Å². The molecule has 2 aromatic carbocycles. The summed E-state index contributed by atoms with van der Waals surface area (Å²) in [6.45, 7) is 6.57. The Morgan fingerprint density at radius 2 is 1.68 bits per heavy atom. The number of carbonyl (C=O) groups excluding carboxylic acids is 2. The molecule has 0 aliphatic carbocycles. The van der Waals surface area contributed by atoms with Crippen molar-refractivity contribution in [2.75, 3.05) is 12.3 Å². The topological polar surface area (TPSA) is 49.4 Å². The highest BCUT2D eigenvalue weighted by molar-refractivity contribution is 8.00. The molecule has 0 aliphatic rings. The number of nitrogens with one attached hydrogen (secondary N) is 1. The van der Waals surface area contributed by atoms with Crippen molar-refractivity contribution in [2.45, 2.75) is 38.3 Å². The summed E-state index contributed by atoms with van der Waals surface area (Å²) in [4.78, 5) is 28.0. The number of rotatable bonds is 9. The zero-order chi connectivity index (χ0) is 20.5. The first kappa shape index (κ1) is 22.0. The quantitative estimate of drug-likeness (QED) is 0.642. The first-order chi connectivity index (χ1) is 13.4. The molecule has 2 aromatic rings. The second-order valence-electron chi connectivity index (χ2n) is 7.06. The summed E-state index contributed by atoms with van der Waals surface area (Å²) in [5, 5.41) is 2.89. The Morgan fingerprint density at radius 1 is 1.04 bits per heavy atom. The first-order valence-corrected chi connectivity index (χ1v) is 10.3. The molecule has 0 aliphatic heterocycles. The van der Waals surface area contributed by atoms with Gasteiger partial charge < -0.3 is 10.2 Å². The van der Waals surface area contributed by atoms with Crippen LogP contribution in [0.15, 0.2) is 59.5 Å². The second kappa shape index (κ2) is 10.9. The molecule has 0 saturated heterocycles. The number of benzene rings is 2. The van der Waals surface area contributed by atoms with Crippen molar-refractivity contribution >= 4 is 23.6 Å². The van der Waals surface area contributed by atoms with Crippen LogP contribution in [0.25, 0.3) is 0 Å². The van der Waals surface area contributed by atoms with Crippen molar-refractivity contribution in [2.24, 2.45) is 5.92 Å². The maximum absolute atomic E-state index is 13.2. The third-order valence-corrected chi connectivity index (χ3v) is 5.22. The lowest BCUT2D eigenvalue weighted by molar-refractivity contribution is -0.138. The van der Waals surface area contributed by atoms with Crippen LogP contribution < -0.4 is 5.32 Å². The van der Waals surface area contributed by atoms with Gasteiger partial charge >= 0.3 is 0 Å². The number of amides is 2. The Kier molecular flexibility index (Phi) is 8.51. The number of halogens is 1. The predicted octanol–water partition coefficient (Wildman–Crippen LogP) is 4.11. The molecule has 0 fully saturated rings. The summed E-state index contributed by atoms with van der Waals surface area (Å²) < 4.78 is 13.2. The Morgan fingerprint density at radius 3 is 2.29 bits per heavy atom. The predicted molar refractivity (Wildman–Crippen MR) is 111 cm³/mol. The molecule has 2 amide bonds. The van der Waals surface area contributed by atoms with Crippen molar-refractivity contribution in [3.63, 3.8) is 0 Å². The van der Waals surface area contributed by atoms with Gasteiger partial charge in [0.2, 0.25) is 11.8 Å². The van der Waals surface area contributed by atoms with E-state index >= 15 is 0 Å². The van der Waals surface area contributed by atoms with E-state index in [4.69, 9.17) is 0 Å². The fourth-order valence-corrected chi connectivity index (χ4v) is 3.37. The van der Waals surface area contributed by atoms with Gasteiger partial charge in [-0.05, 0) is 42.7 Å². The molecule has 0 heterocycles. The summed E-state index contributed by atoms with van der Waals surface area (Å²) in [6, 6.07) is 15.0. The van der Waals surface area contributed by atoms with E-state index in [-0.39, 0.29) is 29.9 Å². The number of hydrogen-bond acceptors (Lipinski definition) is 3. The van der Waals surface area contributed by atoms with Crippen molar-refractivity contribution in [3.05, 3.63) is 66.0 Å². The Labute approximate surface area is 170 Å². The smallest absolute Gasteiger partial charge is 0.242 e. The number of carbonyl (C=O) groups is 2. The molecular formula is C22H27FN2O2S. The van der Waals surface area contributed by atoms with Crippen molar-refractivity contribution < 1.29 is 14.0 Å². The van der Waals surface area contributed by atoms with Gasteiger partial charge in [-0.15, -0.1) is 11.8 Å². The summed E-state index contributed by atoms with van der Waals surface area (Å²) in [7, 11) is 0. The fourth-order valence-electron chi connectivity index (χ4n) is 2.57. The van der Waals surface area contributed by atoms with E-state index in [0.29, 0.717) is 12.5 Å². The molecule has 1 N–H and O–H groups in total. The monoisotopic (exact) mass is 402 g/mol. The van der Waals surface area contributed by atoms with Crippen LogP contribution in [0.5, 0.6) is 0 Å². The van der Waals surface area contributed by atoms with Crippen LogP contribution in [0.4, 0.5) is 4.39 Å². The molecule has 1 unspecified atom stereocenters. The summed E-state index contributed by atoms with van der Waals surface area (Å²) in [5.41, 5.74) is 0.781. The van der Waals surface area contributed by atoms with E-state index in [1.165, 1.54) is 23.9 Å². The Balaban J connectivity index is 2.10. The van der Waals surface area contributed by atoms with E-state index in [1.807, 2.05) is 44.2 Å². The second-order valence-corrected chi connectivity index (χ2v) is 8.11. The molecule has 0 radical (unpaired) electrons. The van der Waals surface area contributed by atoms with E-state index in [2.05, 4.69) is 5.32 Å². The normalized spacial score (nSPS) is 11.9. The van der Waals surface area contributed by atoms with Gasteiger partial charge in [0.05, 0.1) is 5.75 Å². The summed E-state index contributed by atoms with van der Waals surface area (Å²) in [5.74, 6) is -0.0956. The minimum Gasteiger partial charge on any atom is -0.354 e. The minimum atomic E-state index is -0.618. The number of hydrogen-bond donors (Lipinski definition) is 1. The van der Waals surface area contributed by atoms with Crippen molar-refractivity contribution in [1.29, 1.82) is 0 Å². The van der Waals surface area contributed by atoms with Crippen LogP contribution in [0.3, 0.4) is 0 Å². The average molecular weight is 403 g/mol. The van der Waals surface area contributed by atoms with Gasteiger partial charge in [-0.2, -0.15) is 0 Å². The number of nitrogens with zero attached hydrogens (tertiary/aromatic N) is 1. The highest BCUT2D eigenvalue weighted by Crippen LogP contribution is 2.19. The molecule has 1 atom stereocenters. The van der Waals surface area contributed by atoms with E-state index in [0.717, 1.165) is 10.5 Å². The summed E-state index contributed by atoms with van der Waals surface area (Å²) in [6.07, 6.45) is 0. The third kappa shape index (κ3) is 7.00. The highest BCUT2D eigenvalue weighted by Gasteiger charge is 2.26. The lowest BCUT2D eigenvalue weighted by atomic mass is 10.1. The zero-order valence-corrected chi connectivity index (χ0v) is 17.3. The maximum Gasteiger partial charge on any atom is 0.242 e. The molecule has 0 spiro atoms. The summed E-state index contributed by atoms with van der Waals surface area (Å²) >= 11 is 1.43. The molecular weight excluding hydrogens is 375 g/mol. The molecule has 4 nitrogen and oxygen atoms in total. The molecule has 2 rings (SSSR count). The van der Waals surface area contributed by atoms with E-state index < -0.39 is 6.04 Å². The van der Waals surface area contributed by atoms with E-state index in [9.17, 15) is 14.0 Å². The minimum absolute atomic E-state index is 0.134. The van der Waals surface area contributed by atoms with Gasteiger partial charge in [0.25, 0.3) is 0 Å². The number of thioether (sulfide) groups is 1. The lowest BCUT2D eigenvalue weighted by Crippen LogP contribution is -2.48. The van der Waals surface area contributed by atoms with Gasteiger partial charge in [-0.3, -0.25) is 9.59 Å². The Bertz CT molecular complexity index is 766. The van der Waals surface area contributed by atoms with Crippen LogP contribution >= 0.6 is 11.8 Å². The maximum atomic E-state index is 13.2. The standard InChI is InChI=1S/C22H27FN2O2S/c1-16(2)13-24-22(27)17(3)25(14-18-9-11-19(23)12-10-18)21(26)15-28-20-7-5-4-6-8-20/h4-12,16-17H,13-15H2,1-3H3,(H,24,27). The van der Waals surface area contributed by atoms with Crippen LogP contribution in [-0.4, -0.2) is 35.1 Å². The zero-order valence-electron chi connectivity index (χ0n) is 16.5. The Hall–Kier alpha value is -2.34. The molecule has 6 heteroatoms. The molecule has 150 valence electrons.